The Morgan fingerprint density at radius 1 is 0.750 bits per heavy atom. The predicted octanol–water partition coefficient (Wildman–Crippen LogP) is 8.86. The van der Waals surface area contributed by atoms with Gasteiger partial charge in [-0.3, -0.25) is 0 Å². The molecule has 0 spiro atoms. The van der Waals surface area contributed by atoms with Crippen LogP contribution in [0.25, 0.3) is 0 Å². The Balaban J connectivity index is 1.45. The summed E-state index contributed by atoms with van der Waals surface area (Å²) < 4.78 is 33.3. The third-order valence-corrected chi connectivity index (χ3v) is 8.34. The minimum atomic E-state index is -0.270. The van der Waals surface area contributed by atoms with E-state index in [9.17, 15) is 8.78 Å². The van der Waals surface area contributed by atoms with E-state index in [4.69, 9.17) is 9.73 Å². The fourth-order valence-corrected chi connectivity index (χ4v) is 6.59. The number of rotatable bonds is 8. The van der Waals surface area contributed by atoms with Gasteiger partial charge in [-0.15, -0.1) is 23.5 Å². The van der Waals surface area contributed by atoms with Crippen LogP contribution in [0.4, 0.5) is 14.5 Å². The first-order valence-electron chi connectivity index (χ1n) is 11.9. The molecule has 0 atom stereocenters. The monoisotopic (exact) mass is 517 g/mol. The minimum Gasteiger partial charge on any atom is -0.443 e. The van der Waals surface area contributed by atoms with Gasteiger partial charge in [0.2, 0.25) is 0 Å². The molecule has 4 aromatic rings. The number of fused-ring (bicyclic) bond motifs is 1. The lowest BCUT2D eigenvalue weighted by atomic mass is 10.1. The third kappa shape index (κ3) is 6.77. The molecule has 1 aliphatic carbocycles. The van der Waals surface area contributed by atoms with Gasteiger partial charge < -0.3 is 4.74 Å². The lowest BCUT2D eigenvalue weighted by molar-refractivity contribution is 0.535. The smallest absolute Gasteiger partial charge is 0.197 e. The van der Waals surface area contributed by atoms with Crippen LogP contribution in [0.1, 0.15) is 24.0 Å². The standard InChI is InChI=1S/C30H25F2NOS2/c31-23-10-15-27(16-11-23)35-30(36-28-17-12-24(32)13-18-28)20-29(34-26-7-2-1-3-8-26)33-25-14-9-21-5-4-6-22(21)19-25/h1-3,7-19,30H,4-6,20H2/b33-29-. The number of aryl methyl sites for hydroxylation is 2. The highest BCUT2D eigenvalue weighted by Gasteiger charge is 2.19. The molecular weight excluding hydrogens is 492 g/mol. The van der Waals surface area contributed by atoms with Gasteiger partial charge in [-0.05, 0) is 103 Å². The van der Waals surface area contributed by atoms with Crippen molar-refractivity contribution in [2.24, 2.45) is 4.99 Å². The first-order chi connectivity index (χ1) is 17.6. The lowest BCUT2D eigenvalue weighted by Gasteiger charge is -2.18. The number of thioether (sulfide) groups is 2. The topological polar surface area (TPSA) is 21.6 Å². The molecule has 0 amide bonds. The number of nitrogens with zero attached hydrogens (tertiary/aromatic N) is 1. The first-order valence-corrected chi connectivity index (χ1v) is 13.6. The first kappa shape index (κ1) is 24.6. The van der Waals surface area contributed by atoms with Crippen molar-refractivity contribution in [2.45, 2.75) is 40.1 Å². The molecule has 0 N–H and O–H groups in total. The zero-order valence-electron chi connectivity index (χ0n) is 19.6. The van der Waals surface area contributed by atoms with Gasteiger partial charge in [-0.1, -0.05) is 24.3 Å². The van der Waals surface area contributed by atoms with E-state index in [1.54, 1.807) is 47.8 Å². The van der Waals surface area contributed by atoms with Gasteiger partial charge in [0.1, 0.15) is 17.4 Å². The summed E-state index contributed by atoms with van der Waals surface area (Å²) in [4.78, 5) is 6.81. The van der Waals surface area contributed by atoms with Crippen LogP contribution in [0.5, 0.6) is 5.75 Å². The number of hydrogen-bond donors (Lipinski definition) is 0. The Morgan fingerprint density at radius 2 is 1.36 bits per heavy atom. The summed E-state index contributed by atoms with van der Waals surface area (Å²) in [7, 11) is 0. The van der Waals surface area contributed by atoms with Crippen molar-refractivity contribution in [1.82, 2.24) is 0 Å². The Labute approximate surface area is 218 Å². The zero-order valence-corrected chi connectivity index (χ0v) is 21.2. The van der Waals surface area contributed by atoms with Crippen LogP contribution in [-0.4, -0.2) is 10.5 Å². The molecule has 0 unspecified atom stereocenters. The van der Waals surface area contributed by atoms with E-state index < -0.39 is 0 Å². The van der Waals surface area contributed by atoms with Gasteiger partial charge in [0.05, 0.1) is 10.3 Å². The Hall–Kier alpha value is -3.09. The van der Waals surface area contributed by atoms with Crippen molar-refractivity contribution in [2.75, 3.05) is 0 Å². The van der Waals surface area contributed by atoms with Gasteiger partial charge in [0.25, 0.3) is 0 Å². The van der Waals surface area contributed by atoms with Crippen molar-refractivity contribution in [3.8, 4) is 5.75 Å². The van der Waals surface area contributed by atoms with Gasteiger partial charge >= 0.3 is 0 Å². The molecule has 0 saturated carbocycles. The largest absolute Gasteiger partial charge is 0.443 e. The van der Waals surface area contributed by atoms with E-state index in [2.05, 4.69) is 12.1 Å². The number of aliphatic imine (C=N–C) groups is 1. The molecular formula is C30H25F2NOS2. The second-order valence-electron chi connectivity index (χ2n) is 8.50. The summed E-state index contributed by atoms with van der Waals surface area (Å²) in [6, 6.07) is 28.9. The number of hydrogen-bond acceptors (Lipinski definition) is 4. The van der Waals surface area contributed by atoms with Crippen molar-refractivity contribution in [3.63, 3.8) is 0 Å². The molecule has 0 radical (unpaired) electrons. The molecule has 0 bridgehead atoms. The highest BCUT2D eigenvalue weighted by molar-refractivity contribution is 8.17. The van der Waals surface area contributed by atoms with Crippen LogP contribution < -0.4 is 4.74 Å². The summed E-state index contributed by atoms with van der Waals surface area (Å²) in [6.45, 7) is 0. The number of halogens is 2. The van der Waals surface area contributed by atoms with Crippen molar-refractivity contribution in [3.05, 3.63) is 120 Å². The van der Waals surface area contributed by atoms with E-state index in [1.807, 2.05) is 36.4 Å². The SMILES string of the molecule is Fc1ccc(SC(C/C(=N/c2ccc3c(c2)CCC3)Oc2ccccc2)Sc2ccc(F)cc2)cc1. The Morgan fingerprint density at radius 3 is 2.00 bits per heavy atom. The highest BCUT2D eigenvalue weighted by Crippen LogP contribution is 2.38. The van der Waals surface area contributed by atoms with Crippen LogP contribution >= 0.6 is 23.5 Å². The molecule has 0 heterocycles. The molecule has 4 aromatic carbocycles. The molecule has 0 aliphatic heterocycles. The number of ether oxygens (including phenoxy) is 1. The average Bonchev–Trinajstić information content (AvgIpc) is 3.35. The zero-order chi connectivity index (χ0) is 24.7. The summed E-state index contributed by atoms with van der Waals surface area (Å²) in [6.07, 6.45) is 3.89. The Bertz CT molecular complexity index is 1280. The molecule has 1 aliphatic rings. The van der Waals surface area contributed by atoms with E-state index >= 15 is 0 Å². The molecule has 36 heavy (non-hydrogen) atoms. The van der Waals surface area contributed by atoms with Crippen LogP contribution in [0.15, 0.2) is 112 Å². The van der Waals surface area contributed by atoms with Gasteiger partial charge in [0.15, 0.2) is 5.90 Å². The fraction of sp³-hybridized carbons (Fsp3) is 0.167. The van der Waals surface area contributed by atoms with Crippen LogP contribution in [0.3, 0.4) is 0 Å². The molecule has 6 heteroatoms. The normalized spacial score (nSPS) is 13.1. The summed E-state index contributed by atoms with van der Waals surface area (Å²) in [5.74, 6) is 0.768. The molecule has 0 aromatic heterocycles. The van der Waals surface area contributed by atoms with Crippen molar-refractivity contribution >= 4 is 35.1 Å². The summed E-state index contributed by atoms with van der Waals surface area (Å²) in [5, 5.41) is 0. The van der Waals surface area contributed by atoms with E-state index in [0.717, 1.165) is 34.1 Å². The quantitative estimate of drug-likeness (QED) is 0.101. The summed E-state index contributed by atoms with van der Waals surface area (Å²) >= 11 is 3.22. The van der Waals surface area contributed by atoms with Crippen LogP contribution in [0.2, 0.25) is 0 Å². The minimum absolute atomic E-state index is 0.0437. The highest BCUT2D eigenvalue weighted by atomic mass is 32.2. The Kier molecular flexibility index (Phi) is 8.04. The maximum atomic E-state index is 13.5. The maximum absolute atomic E-state index is 13.5. The van der Waals surface area contributed by atoms with Gasteiger partial charge in [0, 0.05) is 16.2 Å². The molecule has 2 nitrogen and oxygen atoms in total. The average molecular weight is 518 g/mol. The van der Waals surface area contributed by atoms with E-state index in [1.165, 1.54) is 41.8 Å². The fourth-order valence-electron chi connectivity index (χ4n) is 4.09. The number of benzene rings is 4. The second kappa shape index (κ2) is 11.8. The van der Waals surface area contributed by atoms with Crippen LogP contribution in [-0.2, 0) is 12.8 Å². The summed E-state index contributed by atoms with van der Waals surface area (Å²) in [5.41, 5.74) is 3.63. The van der Waals surface area contributed by atoms with E-state index in [-0.39, 0.29) is 16.2 Å². The number of para-hydroxylation sites is 1. The maximum Gasteiger partial charge on any atom is 0.197 e. The molecule has 5 rings (SSSR count). The van der Waals surface area contributed by atoms with Crippen molar-refractivity contribution in [1.29, 1.82) is 0 Å². The molecule has 0 fully saturated rings. The third-order valence-electron chi connectivity index (χ3n) is 5.82. The van der Waals surface area contributed by atoms with Gasteiger partial charge in [-0.2, -0.15) is 0 Å². The second-order valence-corrected chi connectivity index (χ2v) is 11.4. The van der Waals surface area contributed by atoms with Crippen molar-refractivity contribution < 1.29 is 13.5 Å². The van der Waals surface area contributed by atoms with E-state index in [0.29, 0.717) is 12.3 Å². The predicted molar refractivity (Wildman–Crippen MR) is 146 cm³/mol. The van der Waals surface area contributed by atoms with Crippen LogP contribution in [0, 0.1) is 11.6 Å². The molecule has 182 valence electrons. The lowest BCUT2D eigenvalue weighted by Crippen LogP contribution is -2.14. The molecule has 0 saturated heterocycles. The van der Waals surface area contributed by atoms with Gasteiger partial charge in [-0.25, -0.2) is 13.8 Å².